The van der Waals surface area contributed by atoms with Gasteiger partial charge < -0.3 is 11.1 Å². The number of amides is 1. The van der Waals surface area contributed by atoms with Gasteiger partial charge in [-0.1, -0.05) is 45.7 Å². The van der Waals surface area contributed by atoms with Crippen LogP contribution in [0.5, 0.6) is 0 Å². The topological polar surface area (TPSA) is 55.1 Å². The lowest BCUT2D eigenvalue weighted by Gasteiger charge is -2.20. The number of hydrogen-bond donors (Lipinski definition) is 2. The highest BCUT2D eigenvalue weighted by Gasteiger charge is 2.19. The molecule has 1 aliphatic heterocycles. The average Bonchev–Trinajstić information content (AvgIpc) is 2.47. The SMILES string of the molecule is NC(c1ccc2c(c1)C(=O)NCC2)c1ccc(Cl)cc1Br. The standard InChI is InChI=1S/C16H14BrClN2O/c17-14-8-11(18)3-4-12(14)15(19)10-2-1-9-5-6-20-16(21)13(9)7-10/h1-4,7-8,15H,5-6,19H2,(H,20,21). The second kappa shape index (κ2) is 5.79. The van der Waals surface area contributed by atoms with Crippen molar-refractivity contribution < 1.29 is 4.79 Å². The summed E-state index contributed by atoms with van der Waals surface area (Å²) < 4.78 is 0.865. The molecular weight excluding hydrogens is 352 g/mol. The van der Waals surface area contributed by atoms with Gasteiger partial charge in [0.05, 0.1) is 6.04 Å². The van der Waals surface area contributed by atoms with Gasteiger partial charge in [-0.3, -0.25) is 4.79 Å². The van der Waals surface area contributed by atoms with Crippen LogP contribution in [0.25, 0.3) is 0 Å². The summed E-state index contributed by atoms with van der Waals surface area (Å²) >= 11 is 9.45. The van der Waals surface area contributed by atoms with Crippen molar-refractivity contribution in [1.82, 2.24) is 5.32 Å². The molecule has 1 amide bonds. The van der Waals surface area contributed by atoms with Crippen LogP contribution in [0.4, 0.5) is 0 Å². The molecule has 2 aromatic carbocycles. The quantitative estimate of drug-likeness (QED) is 0.856. The number of hydrogen-bond acceptors (Lipinski definition) is 2. The van der Waals surface area contributed by atoms with E-state index >= 15 is 0 Å². The maximum absolute atomic E-state index is 11.9. The van der Waals surface area contributed by atoms with Gasteiger partial charge in [0.2, 0.25) is 0 Å². The first-order valence-electron chi connectivity index (χ1n) is 6.68. The van der Waals surface area contributed by atoms with Crippen LogP contribution in [-0.2, 0) is 6.42 Å². The Balaban J connectivity index is 2.00. The van der Waals surface area contributed by atoms with Crippen molar-refractivity contribution in [2.45, 2.75) is 12.5 Å². The molecule has 108 valence electrons. The third kappa shape index (κ3) is 2.84. The maximum Gasteiger partial charge on any atom is 0.251 e. The smallest absolute Gasteiger partial charge is 0.251 e. The Morgan fingerprint density at radius 3 is 2.81 bits per heavy atom. The first kappa shape index (κ1) is 14.6. The van der Waals surface area contributed by atoms with E-state index in [1.807, 2.05) is 36.4 Å². The van der Waals surface area contributed by atoms with E-state index in [-0.39, 0.29) is 11.9 Å². The summed E-state index contributed by atoms with van der Waals surface area (Å²) in [6.45, 7) is 0.694. The van der Waals surface area contributed by atoms with Crippen molar-refractivity contribution >= 4 is 33.4 Å². The predicted octanol–water partition coefficient (Wildman–Crippen LogP) is 3.44. The predicted molar refractivity (Wildman–Crippen MR) is 87.7 cm³/mol. The molecule has 0 bridgehead atoms. The summed E-state index contributed by atoms with van der Waals surface area (Å²) in [6.07, 6.45) is 0.862. The minimum Gasteiger partial charge on any atom is -0.352 e. The van der Waals surface area contributed by atoms with E-state index in [0.29, 0.717) is 11.6 Å². The molecule has 1 heterocycles. The Morgan fingerprint density at radius 2 is 2.05 bits per heavy atom. The molecule has 5 heteroatoms. The van der Waals surface area contributed by atoms with Crippen LogP contribution >= 0.6 is 27.5 Å². The summed E-state index contributed by atoms with van der Waals surface area (Å²) in [4.78, 5) is 11.9. The van der Waals surface area contributed by atoms with Crippen molar-refractivity contribution in [1.29, 1.82) is 0 Å². The molecule has 0 aliphatic carbocycles. The number of rotatable bonds is 2. The van der Waals surface area contributed by atoms with Crippen LogP contribution in [0.2, 0.25) is 5.02 Å². The Hall–Kier alpha value is -1.36. The van der Waals surface area contributed by atoms with E-state index in [1.54, 1.807) is 0 Å². The zero-order chi connectivity index (χ0) is 15.0. The number of halogens is 2. The normalized spacial score (nSPS) is 15.3. The minimum atomic E-state index is -0.309. The highest BCUT2D eigenvalue weighted by molar-refractivity contribution is 9.10. The Kier molecular flexibility index (Phi) is 4.02. The molecule has 3 N–H and O–H groups in total. The fraction of sp³-hybridized carbons (Fsp3) is 0.188. The van der Waals surface area contributed by atoms with Crippen LogP contribution in [-0.4, -0.2) is 12.5 Å². The average molecular weight is 366 g/mol. The zero-order valence-corrected chi connectivity index (χ0v) is 13.5. The summed E-state index contributed by atoms with van der Waals surface area (Å²) in [6, 6.07) is 11.1. The van der Waals surface area contributed by atoms with Gasteiger partial charge >= 0.3 is 0 Å². The van der Waals surface area contributed by atoms with E-state index in [1.165, 1.54) is 0 Å². The summed E-state index contributed by atoms with van der Waals surface area (Å²) in [5.74, 6) is -0.0273. The van der Waals surface area contributed by atoms with Crippen molar-refractivity contribution in [2.24, 2.45) is 5.73 Å². The van der Waals surface area contributed by atoms with E-state index in [4.69, 9.17) is 17.3 Å². The largest absolute Gasteiger partial charge is 0.352 e. The van der Waals surface area contributed by atoms with Crippen LogP contribution in [0.15, 0.2) is 40.9 Å². The Bertz CT molecular complexity index is 717. The monoisotopic (exact) mass is 364 g/mol. The van der Waals surface area contributed by atoms with Crippen molar-refractivity contribution in [3.63, 3.8) is 0 Å². The second-order valence-electron chi connectivity index (χ2n) is 5.07. The molecule has 1 atom stereocenters. The van der Waals surface area contributed by atoms with Gasteiger partial charge in [0.15, 0.2) is 0 Å². The van der Waals surface area contributed by atoms with Gasteiger partial charge in [0, 0.05) is 21.6 Å². The Labute approximate surface area is 136 Å². The third-order valence-electron chi connectivity index (χ3n) is 3.72. The molecule has 2 aromatic rings. The van der Waals surface area contributed by atoms with Gasteiger partial charge in [-0.2, -0.15) is 0 Å². The highest BCUT2D eigenvalue weighted by atomic mass is 79.9. The number of nitrogens with one attached hydrogen (secondary N) is 1. The van der Waals surface area contributed by atoms with Crippen molar-refractivity contribution in [3.8, 4) is 0 Å². The minimum absolute atomic E-state index is 0.0273. The molecule has 21 heavy (non-hydrogen) atoms. The fourth-order valence-corrected chi connectivity index (χ4v) is 3.49. The molecule has 0 aromatic heterocycles. The third-order valence-corrected chi connectivity index (χ3v) is 4.64. The molecule has 0 saturated heterocycles. The fourth-order valence-electron chi connectivity index (χ4n) is 2.56. The van der Waals surface area contributed by atoms with Crippen LogP contribution in [0, 0.1) is 0 Å². The van der Waals surface area contributed by atoms with E-state index in [0.717, 1.165) is 33.1 Å². The molecular formula is C16H14BrClN2O. The van der Waals surface area contributed by atoms with Crippen LogP contribution < -0.4 is 11.1 Å². The van der Waals surface area contributed by atoms with E-state index < -0.39 is 0 Å². The Morgan fingerprint density at radius 1 is 1.24 bits per heavy atom. The molecule has 1 aliphatic rings. The molecule has 1 unspecified atom stereocenters. The van der Waals surface area contributed by atoms with Gasteiger partial charge in [-0.25, -0.2) is 0 Å². The van der Waals surface area contributed by atoms with Gasteiger partial charge in [0.25, 0.3) is 5.91 Å². The van der Waals surface area contributed by atoms with Gasteiger partial charge in [0.1, 0.15) is 0 Å². The second-order valence-corrected chi connectivity index (χ2v) is 6.36. The number of benzene rings is 2. The van der Waals surface area contributed by atoms with Gasteiger partial charge in [-0.05, 0) is 41.3 Å². The first-order chi connectivity index (χ1) is 10.1. The summed E-state index contributed by atoms with van der Waals surface area (Å²) in [5, 5.41) is 3.51. The lowest BCUT2D eigenvalue weighted by atomic mass is 9.93. The molecule has 0 saturated carbocycles. The van der Waals surface area contributed by atoms with E-state index in [2.05, 4.69) is 21.2 Å². The summed E-state index contributed by atoms with van der Waals surface area (Å²) in [5.41, 5.74) is 9.99. The number of nitrogens with two attached hydrogens (primary N) is 1. The van der Waals surface area contributed by atoms with Gasteiger partial charge in [-0.15, -0.1) is 0 Å². The number of carbonyl (C=O) groups excluding carboxylic acids is 1. The highest BCUT2D eigenvalue weighted by Crippen LogP contribution is 2.30. The molecule has 3 nitrogen and oxygen atoms in total. The van der Waals surface area contributed by atoms with Crippen molar-refractivity contribution in [2.75, 3.05) is 6.54 Å². The lowest BCUT2D eigenvalue weighted by molar-refractivity contribution is 0.0946. The van der Waals surface area contributed by atoms with Crippen LogP contribution in [0.3, 0.4) is 0 Å². The maximum atomic E-state index is 11.9. The first-order valence-corrected chi connectivity index (χ1v) is 7.85. The van der Waals surface area contributed by atoms with Crippen LogP contribution in [0.1, 0.15) is 33.1 Å². The number of carbonyl (C=O) groups is 1. The molecule has 3 rings (SSSR count). The zero-order valence-electron chi connectivity index (χ0n) is 11.2. The lowest BCUT2D eigenvalue weighted by Crippen LogP contribution is -2.32. The molecule has 0 fully saturated rings. The molecule has 0 spiro atoms. The van der Waals surface area contributed by atoms with Crippen molar-refractivity contribution in [3.05, 3.63) is 68.1 Å². The summed E-state index contributed by atoms with van der Waals surface area (Å²) in [7, 11) is 0. The number of fused-ring (bicyclic) bond motifs is 1. The molecule has 0 radical (unpaired) electrons. The van der Waals surface area contributed by atoms with E-state index in [9.17, 15) is 4.79 Å².